The van der Waals surface area contributed by atoms with E-state index in [1.165, 1.54) is 12.1 Å². The van der Waals surface area contributed by atoms with Gasteiger partial charge in [0.15, 0.2) is 0 Å². The first-order valence-electron chi connectivity index (χ1n) is 9.46. The Bertz CT molecular complexity index is 783. The zero-order chi connectivity index (χ0) is 21.6. The van der Waals surface area contributed by atoms with E-state index in [-0.39, 0.29) is 22.7 Å². The molecular weight excluding hydrogens is 506 g/mol. The van der Waals surface area contributed by atoms with Crippen LogP contribution in [-0.2, 0) is 0 Å². The number of nitriles is 1. The van der Waals surface area contributed by atoms with Crippen LogP contribution in [-0.4, -0.2) is 76.6 Å². The monoisotopic (exact) mass is 529 g/mol. The van der Waals surface area contributed by atoms with Crippen LogP contribution < -0.4 is 4.90 Å². The van der Waals surface area contributed by atoms with Gasteiger partial charge in [-0.05, 0) is 19.9 Å². The predicted molar refractivity (Wildman–Crippen MR) is 120 cm³/mol. The highest BCUT2D eigenvalue weighted by Crippen LogP contribution is 2.31. The van der Waals surface area contributed by atoms with E-state index in [0.29, 0.717) is 48.6 Å². The quantitative estimate of drug-likeness (QED) is 0.291. The third kappa shape index (κ3) is 5.68. The third-order valence-electron chi connectivity index (χ3n) is 5.04. The standard InChI is InChI=1S/C19H25Br2N5O3/c1-14(2)23-7-9-25(10-8-23)19(27)16-12-17(24(5-3-20)6-4-21)15(13-22)11-18(16)26(28)29/h11-12,14H,3-10H2,1-2H3. The number of benzene rings is 1. The fourth-order valence-corrected chi connectivity index (χ4v) is 4.28. The molecule has 0 radical (unpaired) electrons. The lowest BCUT2D eigenvalue weighted by molar-refractivity contribution is -0.385. The smallest absolute Gasteiger partial charge is 0.283 e. The molecule has 158 valence electrons. The largest absolute Gasteiger partial charge is 0.369 e. The molecule has 1 fully saturated rings. The Kier molecular flexibility index (Phi) is 8.86. The molecule has 0 aromatic heterocycles. The van der Waals surface area contributed by atoms with Crippen molar-refractivity contribution in [2.75, 3.05) is 54.8 Å². The molecule has 1 aliphatic heterocycles. The molecule has 0 spiro atoms. The molecule has 1 aliphatic rings. The third-order valence-corrected chi connectivity index (χ3v) is 5.75. The van der Waals surface area contributed by atoms with Gasteiger partial charge in [0.05, 0.1) is 16.2 Å². The van der Waals surface area contributed by atoms with Crippen molar-refractivity contribution in [1.82, 2.24) is 9.80 Å². The van der Waals surface area contributed by atoms with Gasteiger partial charge in [0.1, 0.15) is 11.6 Å². The number of piperazine rings is 1. The maximum Gasteiger partial charge on any atom is 0.283 e. The Labute approximate surface area is 187 Å². The fraction of sp³-hybridized carbons (Fsp3) is 0.579. The van der Waals surface area contributed by atoms with Crippen LogP contribution in [0.5, 0.6) is 0 Å². The summed E-state index contributed by atoms with van der Waals surface area (Å²) in [4.78, 5) is 30.1. The number of halogens is 2. The summed E-state index contributed by atoms with van der Waals surface area (Å²) in [6.07, 6.45) is 0. The van der Waals surface area contributed by atoms with Crippen LogP contribution in [0.1, 0.15) is 29.8 Å². The number of alkyl halides is 2. The second-order valence-corrected chi connectivity index (χ2v) is 8.63. The van der Waals surface area contributed by atoms with Gasteiger partial charge in [-0.3, -0.25) is 19.8 Å². The first-order valence-corrected chi connectivity index (χ1v) is 11.7. The summed E-state index contributed by atoms with van der Waals surface area (Å²) >= 11 is 6.80. The molecule has 8 nitrogen and oxygen atoms in total. The van der Waals surface area contributed by atoms with Crippen LogP contribution in [0.3, 0.4) is 0 Å². The van der Waals surface area contributed by atoms with E-state index in [1.54, 1.807) is 4.90 Å². The fourth-order valence-electron chi connectivity index (χ4n) is 3.42. The van der Waals surface area contributed by atoms with Crippen LogP contribution in [0.15, 0.2) is 12.1 Å². The van der Waals surface area contributed by atoms with E-state index in [4.69, 9.17) is 0 Å². The minimum absolute atomic E-state index is 0.0381. The second-order valence-electron chi connectivity index (χ2n) is 7.04. The lowest BCUT2D eigenvalue weighted by Crippen LogP contribution is -2.50. The molecule has 0 saturated carbocycles. The van der Waals surface area contributed by atoms with Crippen LogP contribution in [0.25, 0.3) is 0 Å². The number of nitro groups is 1. The van der Waals surface area contributed by atoms with E-state index in [2.05, 4.69) is 50.6 Å². The highest BCUT2D eigenvalue weighted by molar-refractivity contribution is 9.09. The van der Waals surface area contributed by atoms with E-state index in [9.17, 15) is 20.2 Å². The maximum atomic E-state index is 13.2. The first kappa shape index (κ1) is 23.6. The van der Waals surface area contributed by atoms with Crippen LogP contribution in [0.4, 0.5) is 11.4 Å². The Morgan fingerprint density at radius 2 is 1.83 bits per heavy atom. The van der Waals surface area contributed by atoms with E-state index >= 15 is 0 Å². The van der Waals surface area contributed by atoms with Gasteiger partial charge < -0.3 is 9.80 Å². The normalized spacial score (nSPS) is 14.7. The summed E-state index contributed by atoms with van der Waals surface area (Å²) < 4.78 is 0. The number of nitrogens with zero attached hydrogens (tertiary/aromatic N) is 5. The molecule has 1 amide bonds. The average Bonchev–Trinajstić information content (AvgIpc) is 2.72. The number of rotatable bonds is 8. The summed E-state index contributed by atoms with van der Waals surface area (Å²) in [7, 11) is 0. The topological polar surface area (TPSA) is 93.7 Å². The van der Waals surface area contributed by atoms with Gasteiger partial charge in [0.2, 0.25) is 0 Å². The second kappa shape index (κ2) is 10.9. The van der Waals surface area contributed by atoms with Gasteiger partial charge >= 0.3 is 0 Å². The van der Waals surface area contributed by atoms with Crippen molar-refractivity contribution in [1.29, 1.82) is 5.26 Å². The molecule has 10 heteroatoms. The molecule has 0 unspecified atom stereocenters. The molecule has 0 atom stereocenters. The summed E-state index contributed by atoms with van der Waals surface area (Å²) in [5.41, 5.74) is 0.455. The zero-order valence-electron chi connectivity index (χ0n) is 16.6. The number of carbonyl (C=O) groups is 1. The number of carbonyl (C=O) groups excluding carboxylic acids is 1. The van der Waals surface area contributed by atoms with Gasteiger partial charge in [-0.15, -0.1) is 0 Å². The van der Waals surface area contributed by atoms with Crippen molar-refractivity contribution in [2.24, 2.45) is 0 Å². The molecule has 2 rings (SSSR count). The summed E-state index contributed by atoms with van der Waals surface area (Å²) in [5.74, 6) is -0.358. The number of hydrogen-bond donors (Lipinski definition) is 0. The molecule has 1 aromatic rings. The summed E-state index contributed by atoms with van der Waals surface area (Å²) in [5, 5.41) is 22.5. The van der Waals surface area contributed by atoms with Gasteiger partial charge in [-0.1, -0.05) is 31.9 Å². The van der Waals surface area contributed by atoms with Gasteiger partial charge in [0, 0.05) is 62.0 Å². The van der Waals surface area contributed by atoms with Gasteiger partial charge in [-0.2, -0.15) is 5.26 Å². The summed E-state index contributed by atoms with van der Waals surface area (Å²) in [6.45, 7) is 7.96. The van der Waals surface area contributed by atoms with Crippen molar-refractivity contribution >= 4 is 49.1 Å². The molecule has 1 aromatic carbocycles. The van der Waals surface area contributed by atoms with Crippen LogP contribution in [0, 0.1) is 21.4 Å². The molecule has 1 saturated heterocycles. The number of amides is 1. The Morgan fingerprint density at radius 3 is 2.28 bits per heavy atom. The van der Waals surface area contributed by atoms with Crippen molar-refractivity contribution in [3.8, 4) is 6.07 Å². The van der Waals surface area contributed by atoms with Crippen molar-refractivity contribution in [3.05, 3.63) is 33.4 Å². The Balaban J connectivity index is 2.43. The van der Waals surface area contributed by atoms with E-state index < -0.39 is 4.92 Å². The minimum atomic E-state index is -0.582. The maximum absolute atomic E-state index is 13.2. The van der Waals surface area contributed by atoms with E-state index in [0.717, 1.165) is 13.1 Å². The van der Waals surface area contributed by atoms with Crippen LogP contribution >= 0.6 is 31.9 Å². The van der Waals surface area contributed by atoms with E-state index in [1.807, 2.05) is 11.0 Å². The number of anilines is 1. The molecule has 0 bridgehead atoms. The lowest BCUT2D eigenvalue weighted by Gasteiger charge is -2.37. The highest BCUT2D eigenvalue weighted by atomic mass is 79.9. The molecule has 0 N–H and O–H groups in total. The number of nitro benzene ring substituents is 1. The van der Waals surface area contributed by atoms with Gasteiger partial charge in [-0.25, -0.2) is 0 Å². The molecule has 29 heavy (non-hydrogen) atoms. The SMILES string of the molecule is CC(C)N1CCN(C(=O)c2cc(N(CCBr)CCBr)c(C#N)cc2[N+](=O)[O-])CC1. The Morgan fingerprint density at radius 1 is 1.24 bits per heavy atom. The zero-order valence-corrected chi connectivity index (χ0v) is 19.8. The summed E-state index contributed by atoms with van der Waals surface area (Å²) in [6, 6.07) is 5.18. The minimum Gasteiger partial charge on any atom is -0.369 e. The molecule has 1 heterocycles. The van der Waals surface area contributed by atoms with Crippen molar-refractivity contribution in [3.63, 3.8) is 0 Å². The molecule has 0 aliphatic carbocycles. The van der Waals surface area contributed by atoms with Crippen molar-refractivity contribution < 1.29 is 9.72 Å². The lowest BCUT2D eigenvalue weighted by atomic mass is 10.0. The highest BCUT2D eigenvalue weighted by Gasteiger charge is 2.30. The van der Waals surface area contributed by atoms with Crippen molar-refractivity contribution in [2.45, 2.75) is 19.9 Å². The number of hydrogen-bond acceptors (Lipinski definition) is 6. The van der Waals surface area contributed by atoms with Gasteiger partial charge in [0.25, 0.3) is 11.6 Å². The molecular formula is C19H25Br2N5O3. The Hall–Kier alpha value is -1.70. The predicted octanol–water partition coefficient (Wildman–Crippen LogP) is 3.23. The van der Waals surface area contributed by atoms with Crippen LogP contribution in [0.2, 0.25) is 0 Å². The average molecular weight is 531 g/mol. The first-order chi connectivity index (χ1) is 13.8.